The summed E-state index contributed by atoms with van der Waals surface area (Å²) in [4.78, 5) is 5.74. The standard InChI is InChI=1S/C36H40Br2N4S4Si/c1-5-9-11-21(7-3)19-47(20-22(8-4)12-10-6-2)29-17-27(23-13-15-25(37)33-31(23)39-45-41-33)43-35(29)36-30(47)18-28(44-36)24-14-16-26(38)34-32(24)40-46-42-34/h13-18,21-22H,5-12,19-20H2,1-4H3. The Kier molecular flexibility index (Phi) is 10.5. The summed E-state index contributed by atoms with van der Waals surface area (Å²) in [6.07, 6.45) is 10.4. The molecule has 4 nitrogen and oxygen atoms in total. The highest BCUT2D eigenvalue weighted by Crippen LogP contribution is 2.50. The third-order valence-corrected chi connectivity index (χ3v) is 20.9. The zero-order valence-corrected chi connectivity index (χ0v) is 34.8. The molecule has 0 saturated carbocycles. The largest absolute Gasteiger partial charge is 0.172 e. The third-order valence-electron chi connectivity index (χ3n) is 10.3. The molecule has 5 heterocycles. The van der Waals surface area contributed by atoms with Gasteiger partial charge in [-0.2, -0.15) is 17.5 Å². The van der Waals surface area contributed by atoms with E-state index in [2.05, 4.69) is 105 Å². The van der Waals surface area contributed by atoms with Crippen molar-refractivity contribution in [2.45, 2.75) is 91.1 Å². The zero-order valence-electron chi connectivity index (χ0n) is 27.4. The number of thiophene rings is 2. The molecule has 47 heavy (non-hydrogen) atoms. The van der Waals surface area contributed by atoms with Crippen molar-refractivity contribution in [1.82, 2.24) is 17.5 Å². The fourth-order valence-corrected chi connectivity index (χ4v) is 20.4. The quantitative estimate of drug-likeness (QED) is 0.103. The van der Waals surface area contributed by atoms with Gasteiger partial charge < -0.3 is 0 Å². The first-order valence-corrected chi connectivity index (χ1v) is 24.1. The summed E-state index contributed by atoms with van der Waals surface area (Å²) in [6.45, 7) is 9.57. The first-order valence-electron chi connectivity index (χ1n) is 17.0. The molecule has 0 saturated heterocycles. The molecule has 6 aromatic rings. The molecule has 11 heteroatoms. The van der Waals surface area contributed by atoms with E-state index >= 15 is 0 Å². The summed E-state index contributed by atoms with van der Waals surface area (Å²) in [7, 11) is -2.15. The van der Waals surface area contributed by atoms with Gasteiger partial charge in [0.15, 0.2) is 0 Å². The van der Waals surface area contributed by atoms with E-state index in [-0.39, 0.29) is 0 Å². The lowest BCUT2D eigenvalue weighted by Crippen LogP contribution is -2.56. The van der Waals surface area contributed by atoms with E-state index in [9.17, 15) is 0 Å². The van der Waals surface area contributed by atoms with E-state index in [1.54, 1.807) is 10.4 Å². The Morgan fingerprint density at radius 2 is 1.04 bits per heavy atom. The van der Waals surface area contributed by atoms with Gasteiger partial charge in [0.05, 0.1) is 23.5 Å². The summed E-state index contributed by atoms with van der Waals surface area (Å²) in [5.74, 6) is 1.50. The summed E-state index contributed by atoms with van der Waals surface area (Å²) >= 11 is 14.1. The maximum Gasteiger partial charge on any atom is 0.122 e. The Bertz CT molecular complexity index is 1880. The van der Waals surface area contributed by atoms with Gasteiger partial charge in [0.25, 0.3) is 0 Å². The molecule has 1 aliphatic rings. The predicted octanol–water partition coefficient (Wildman–Crippen LogP) is 12.7. The second-order valence-corrected chi connectivity index (χ2v) is 22.1. The Morgan fingerprint density at radius 1 is 0.617 bits per heavy atom. The van der Waals surface area contributed by atoms with Crippen LogP contribution in [0.2, 0.25) is 12.1 Å². The molecule has 0 spiro atoms. The van der Waals surface area contributed by atoms with Crippen molar-refractivity contribution in [2.24, 2.45) is 11.8 Å². The highest BCUT2D eigenvalue weighted by molar-refractivity contribution is 9.11. The van der Waals surface area contributed by atoms with Crippen LogP contribution >= 0.6 is 78.0 Å². The minimum atomic E-state index is -2.15. The lowest BCUT2D eigenvalue weighted by molar-refractivity contribution is 0.469. The smallest absolute Gasteiger partial charge is 0.122 e. The summed E-state index contributed by atoms with van der Waals surface area (Å²) in [6, 6.07) is 16.8. The van der Waals surface area contributed by atoms with Crippen LogP contribution in [0, 0.1) is 11.8 Å². The van der Waals surface area contributed by atoms with Crippen molar-refractivity contribution in [3.63, 3.8) is 0 Å². The van der Waals surface area contributed by atoms with E-state index in [1.165, 1.54) is 118 Å². The van der Waals surface area contributed by atoms with Crippen LogP contribution in [0.3, 0.4) is 0 Å². The van der Waals surface area contributed by atoms with Gasteiger partial charge in [-0.05, 0) is 90.4 Å². The normalized spacial score (nSPS) is 15.0. The molecule has 0 N–H and O–H groups in total. The highest BCUT2D eigenvalue weighted by Gasteiger charge is 2.50. The van der Waals surface area contributed by atoms with Gasteiger partial charge in [-0.1, -0.05) is 91.2 Å². The number of benzene rings is 2. The van der Waals surface area contributed by atoms with Crippen molar-refractivity contribution in [2.75, 3.05) is 0 Å². The molecule has 0 bridgehead atoms. The molecule has 0 aliphatic carbocycles. The van der Waals surface area contributed by atoms with Gasteiger partial charge in [0.1, 0.15) is 30.1 Å². The van der Waals surface area contributed by atoms with Crippen LogP contribution in [0.4, 0.5) is 0 Å². The van der Waals surface area contributed by atoms with Crippen LogP contribution in [0.5, 0.6) is 0 Å². The molecule has 7 rings (SSSR count). The third kappa shape index (κ3) is 6.18. The van der Waals surface area contributed by atoms with Crippen LogP contribution in [-0.2, 0) is 0 Å². The number of hydrogen-bond acceptors (Lipinski definition) is 8. The number of aromatic nitrogens is 4. The first kappa shape index (κ1) is 34.1. The fourth-order valence-electron chi connectivity index (χ4n) is 7.71. The van der Waals surface area contributed by atoms with Gasteiger partial charge in [-0.25, -0.2) is 0 Å². The Balaban J connectivity index is 1.45. The van der Waals surface area contributed by atoms with Crippen molar-refractivity contribution >= 4 is 119 Å². The zero-order chi connectivity index (χ0) is 32.7. The summed E-state index contributed by atoms with van der Waals surface area (Å²) in [5.41, 5.74) is 6.40. The number of fused-ring (bicyclic) bond motifs is 5. The Morgan fingerprint density at radius 3 is 1.45 bits per heavy atom. The minimum absolute atomic E-state index is 0.750. The van der Waals surface area contributed by atoms with E-state index in [4.69, 9.17) is 8.75 Å². The maximum atomic E-state index is 4.79. The fraction of sp³-hybridized carbons (Fsp3) is 0.444. The SMILES string of the molecule is CCCCC(CC)C[Si]1(CC(CC)CCCC)c2cc(-c3ccc(Br)c4nsnc34)sc2-c2sc(-c3ccc(Br)c4nsnc34)cc21. The first-order chi connectivity index (χ1) is 22.9. The monoisotopic (exact) mass is 842 g/mol. The van der Waals surface area contributed by atoms with Crippen molar-refractivity contribution in [1.29, 1.82) is 0 Å². The van der Waals surface area contributed by atoms with E-state index in [1.807, 2.05) is 22.7 Å². The molecule has 0 radical (unpaired) electrons. The van der Waals surface area contributed by atoms with E-state index in [0.717, 1.165) is 42.8 Å². The Labute approximate surface area is 312 Å². The maximum absolute atomic E-state index is 4.79. The van der Waals surface area contributed by atoms with E-state index in [0.29, 0.717) is 0 Å². The highest BCUT2D eigenvalue weighted by atomic mass is 79.9. The Hall–Kier alpha value is -1.34. The lowest BCUT2D eigenvalue weighted by atomic mass is 10.0. The average molecular weight is 845 g/mol. The molecule has 1 aliphatic heterocycles. The lowest BCUT2D eigenvalue weighted by Gasteiger charge is -2.35. The van der Waals surface area contributed by atoms with Gasteiger partial charge in [0.2, 0.25) is 0 Å². The second-order valence-electron chi connectivity index (χ2n) is 13.1. The molecule has 0 amide bonds. The number of hydrogen-bond donors (Lipinski definition) is 0. The molecule has 246 valence electrons. The molecular weight excluding hydrogens is 805 g/mol. The second kappa shape index (κ2) is 14.5. The van der Waals surface area contributed by atoms with Gasteiger partial charge in [0, 0.05) is 39.6 Å². The van der Waals surface area contributed by atoms with Crippen LogP contribution in [-0.4, -0.2) is 25.6 Å². The molecule has 0 fully saturated rings. The van der Waals surface area contributed by atoms with E-state index < -0.39 is 8.07 Å². The average Bonchev–Trinajstić information content (AvgIpc) is 3.91. The van der Waals surface area contributed by atoms with Crippen LogP contribution in [0.15, 0.2) is 45.3 Å². The van der Waals surface area contributed by atoms with Crippen LogP contribution in [0.1, 0.15) is 79.1 Å². The van der Waals surface area contributed by atoms with Crippen LogP contribution in [0.25, 0.3) is 52.7 Å². The minimum Gasteiger partial charge on any atom is -0.172 e. The van der Waals surface area contributed by atoms with Crippen molar-refractivity contribution in [3.8, 4) is 30.6 Å². The summed E-state index contributed by atoms with van der Waals surface area (Å²) < 4.78 is 20.9. The molecule has 2 atom stereocenters. The molecule has 2 aromatic carbocycles. The van der Waals surface area contributed by atoms with Crippen molar-refractivity contribution in [3.05, 3.63) is 45.3 Å². The molecular formula is C36H40Br2N4S4Si. The van der Waals surface area contributed by atoms with Gasteiger partial charge in [-0.3, -0.25) is 0 Å². The van der Waals surface area contributed by atoms with Gasteiger partial charge >= 0.3 is 0 Å². The molecule has 4 aromatic heterocycles. The number of nitrogens with zero attached hydrogens (tertiary/aromatic N) is 4. The van der Waals surface area contributed by atoms with Crippen LogP contribution < -0.4 is 10.4 Å². The number of unbranched alkanes of at least 4 members (excludes halogenated alkanes) is 2. The van der Waals surface area contributed by atoms with Gasteiger partial charge in [-0.15, -0.1) is 22.7 Å². The summed E-state index contributed by atoms with van der Waals surface area (Å²) in [5, 5.41) is 3.40. The predicted molar refractivity (Wildman–Crippen MR) is 217 cm³/mol. The molecule has 2 unspecified atom stereocenters. The topological polar surface area (TPSA) is 51.6 Å². The number of rotatable bonds is 14. The van der Waals surface area contributed by atoms with Crippen molar-refractivity contribution < 1.29 is 0 Å². The number of halogens is 2.